The molecule has 1 heterocycles. The highest BCUT2D eigenvalue weighted by Crippen LogP contribution is 2.21. The van der Waals surface area contributed by atoms with Crippen molar-refractivity contribution in [1.29, 1.82) is 0 Å². The van der Waals surface area contributed by atoms with Crippen LogP contribution in [-0.4, -0.2) is 10.8 Å². The highest BCUT2D eigenvalue weighted by molar-refractivity contribution is 6.15. The average Bonchev–Trinajstić information content (AvgIpc) is 2.49. The lowest BCUT2D eigenvalue weighted by molar-refractivity contribution is 0.103. The number of carbonyl (C=O) groups excluding carboxylic acids is 1. The Morgan fingerprint density at radius 1 is 0.950 bits per heavy atom. The molecule has 0 saturated heterocycles. The topological polar surface area (TPSA) is 30.0 Å². The number of hydrogen-bond donors (Lipinski definition) is 0. The van der Waals surface area contributed by atoms with Crippen LogP contribution in [0.25, 0.3) is 10.8 Å². The molecule has 0 atom stereocenters. The van der Waals surface area contributed by atoms with Crippen LogP contribution in [0, 0.1) is 11.6 Å². The van der Waals surface area contributed by atoms with Crippen LogP contribution in [-0.2, 0) is 0 Å². The van der Waals surface area contributed by atoms with Crippen LogP contribution >= 0.6 is 0 Å². The lowest BCUT2D eigenvalue weighted by atomic mass is 10.0. The Labute approximate surface area is 113 Å². The SMILES string of the molecule is O=C(c1cccc(F)c1F)c1nccc2ccccc12. The van der Waals surface area contributed by atoms with E-state index in [-0.39, 0.29) is 11.3 Å². The van der Waals surface area contributed by atoms with Crippen molar-refractivity contribution < 1.29 is 13.6 Å². The summed E-state index contributed by atoms with van der Waals surface area (Å²) < 4.78 is 26.9. The molecule has 0 aliphatic rings. The van der Waals surface area contributed by atoms with Crippen molar-refractivity contribution >= 4 is 16.6 Å². The second kappa shape index (κ2) is 4.81. The van der Waals surface area contributed by atoms with Crippen LogP contribution in [0.2, 0.25) is 0 Å². The average molecular weight is 269 g/mol. The number of rotatable bonds is 2. The first-order valence-electron chi connectivity index (χ1n) is 6.01. The van der Waals surface area contributed by atoms with Gasteiger partial charge in [0.25, 0.3) is 0 Å². The van der Waals surface area contributed by atoms with E-state index in [1.165, 1.54) is 18.3 Å². The lowest BCUT2D eigenvalue weighted by Gasteiger charge is -2.06. The monoisotopic (exact) mass is 269 g/mol. The molecule has 0 fully saturated rings. The Morgan fingerprint density at radius 3 is 2.60 bits per heavy atom. The zero-order valence-corrected chi connectivity index (χ0v) is 10.3. The number of fused-ring (bicyclic) bond motifs is 1. The molecular weight excluding hydrogens is 260 g/mol. The number of ketones is 1. The molecular formula is C16H9F2NO. The number of carbonyl (C=O) groups is 1. The molecule has 2 nitrogen and oxygen atoms in total. The summed E-state index contributed by atoms with van der Waals surface area (Å²) in [5.74, 6) is -2.82. The normalized spacial score (nSPS) is 10.7. The van der Waals surface area contributed by atoms with E-state index in [9.17, 15) is 13.6 Å². The molecule has 0 aliphatic heterocycles. The van der Waals surface area contributed by atoms with Gasteiger partial charge in [-0.25, -0.2) is 8.78 Å². The minimum absolute atomic E-state index is 0.118. The number of pyridine rings is 1. The molecule has 4 heteroatoms. The Balaban J connectivity index is 2.21. The standard InChI is InChI=1S/C16H9F2NO/c17-13-7-3-6-12(14(13)18)16(20)15-11-5-2-1-4-10(11)8-9-19-15/h1-9H. The van der Waals surface area contributed by atoms with Crippen LogP contribution in [0.15, 0.2) is 54.7 Å². The van der Waals surface area contributed by atoms with Gasteiger partial charge in [-0.3, -0.25) is 9.78 Å². The molecule has 0 amide bonds. The van der Waals surface area contributed by atoms with E-state index in [4.69, 9.17) is 0 Å². The first-order chi connectivity index (χ1) is 9.68. The Morgan fingerprint density at radius 2 is 1.75 bits per heavy atom. The molecule has 2 aromatic carbocycles. The molecule has 0 radical (unpaired) electrons. The summed E-state index contributed by atoms with van der Waals surface area (Å²) in [6.07, 6.45) is 1.48. The van der Waals surface area contributed by atoms with Crippen molar-refractivity contribution in [3.8, 4) is 0 Å². The van der Waals surface area contributed by atoms with Crippen LogP contribution in [0.4, 0.5) is 8.78 Å². The fourth-order valence-corrected chi connectivity index (χ4v) is 2.11. The smallest absolute Gasteiger partial charge is 0.215 e. The molecule has 20 heavy (non-hydrogen) atoms. The Bertz CT molecular complexity index is 809. The van der Waals surface area contributed by atoms with Gasteiger partial charge in [0, 0.05) is 11.6 Å². The van der Waals surface area contributed by atoms with Gasteiger partial charge in [-0.1, -0.05) is 30.3 Å². The second-order valence-electron chi connectivity index (χ2n) is 4.31. The van der Waals surface area contributed by atoms with Crippen LogP contribution in [0.5, 0.6) is 0 Å². The summed E-state index contributed by atoms with van der Waals surface area (Å²) in [6, 6.07) is 12.4. The third-order valence-corrected chi connectivity index (χ3v) is 3.08. The maximum atomic E-state index is 13.7. The maximum absolute atomic E-state index is 13.7. The van der Waals surface area contributed by atoms with Crippen molar-refractivity contribution in [3.05, 3.63) is 77.6 Å². The van der Waals surface area contributed by atoms with Gasteiger partial charge < -0.3 is 0 Å². The van der Waals surface area contributed by atoms with Crippen LogP contribution in [0.3, 0.4) is 0 Å². The van der Waals surface area contributed by atoms with E-state index in [2.05, 4.69) is 4.98 Å². The lowest BCUT2D eigenvalue weighted by Crippen LogP contribution is -2.08. The quantitative estimate of drug-likeness (QED) is 0.663. The Kier molecular flexibility index (Phi) is 2.99. The fraction of sp³-hybridized carbons (Fsp3) is 0. The largest absolute Gasteiger partial charge is 0.287 e. The number of nitrogens with zero attached hydrogens (tertiary/aromatic N) is 1. The van der Waals surface area contributed by atoms with E-state index in [1.54, 1.807) is 18.2 Å². The Hall–Kier alpha value is -2.62. The van der Waals surface area contributed by atoms with E-state index < -0.39 is 17.4 Å². The first kappa shape index (κ1) is 12.4. The second-order valence-corrected chi connectivity index (χ2v) is 4.31. The summed E-state index contributed by atoms with van der Waals surface area (Å²) in [4.78, 5) is 16.4. The third kappa shape index (κ3) is 1.95. The summed E-state index contributed by atoms with van der Waals surface area (Å²) in [6.45, 7) is 0. The summed E-state index contributed by atoms with van der Waals surface area (Å²) in [5.41, 5.74) is -0.193. The van der Waals surface area contributed by atoms with Crippen molar-refractivity contribution in [3.63, 3.8) is 0 Å². The zero-order valence-electron chi connectivity index (χ0n) is 10.3. The predicted octanol–water partition coefficient (Wildman–Crippen LogP) is 3.74. The highest BCUT2D eigenvalue weighted by atomic mass is 19.2. The molecule has 3 aromatic rings. The minimum Gasteiger partial charge on any atom is -0.287 e. The molecule has 0 bridgehead atoms. The summed E-state index contributed by atoms with van der Waals surface area (Å²) in [7, 11) is 0. The van der Waals surface area contributed by atoms with Gasteiger partial charge in [-0.2, -0.15) is 0 Å². The van der Waals surface area contributed by atoms with Gasteiger partial charge in [0.15, 0.2) is 11.6 Å². The van der Waals surface area contributed by atoms with E-state index >= 15 is 0 Å². The van der Waals surface area contributed by atoms with Crippen molar-refractivity contribution in [2.75, 3.05) is 0 Å². The van der Waals surface area contributed by atoms with Gasteiger partial charge in [0.2, 0.25) is 5.78 Å². The van der Waals surface area contributed by atoms with Crippen molar-refractivity contribution in [1.82, 2.24) is 4.98 Å². The predicted molar refractivity (Wildman–Crippen MR) is 71.5 cm³/mol. The van der Waals surface area contributed by atoms with E-state index in [0.29, 0.717) is 5.39 Å². The van der Waals surface area contributed by atoms with E-state index in [1.807, 2.05) is 12.1 Å². The molecule has 3 rings (SSSR count). The third-order valence-electron chi connectivity index (χ3n) is 3.08. The van der Waals surface area contributed by atoms with Crippen LogP contribution in [0.1, 0.15) is 16.1 Å². The maximum Gasteiger partial charge on any atom is 0.215 e. The van der Waals surface area contributed by atoms with Gasteiger partial charge in [0.05, 0.1) is 5.56 Å². The van der Waals surface area contributed by atoms with Crippen LogP contribution < -0.4 is 0 Å². The number of hydrogen-bond acceptors (Lipinski definition) is 2. The number of aromatic nitrogens is 1. The number of halogens is 2. The van der Waals surface area contributed by atoms with Crippen molar-refractivity contribution in [2.45, 2.75) is 0 Å². The molecule has 0 aliphatic carbocycles. The fourth-order valence-electron chi connectivity index (χ4n) is 2.11. The van der Waals surface area contributed by atoms with Gasteiger partial charge >= 0.3 is 0 Å². The number of benzene rings is 2. The minimum atomic E-state index is -1.15. The summed E-state index contributed by atoms with van der Waals surface area (Å²) >= 11 is 0. The molecule has 0 unspecified atom stereocenters. The zero-order chi connectivity index (χ0) is 14.1. The first-order valence-corrected chi connectivity index (χ1v) is 6.01. The highest BCUT2D eigenvalue weighted by Gasteiger charge is 2.19. The molecule has 0 N–H and O–H groups in total. The van der Waals surface area contributed by atoms with Gasteiger partial charge in [0.1, 0.15) is 5.69 Å². The van der Waals surface area contributed by atoms with Gasteiger partial charge in [-0.15, -0.1) is 0 Å². The molecule has 98 valence electrons. The van der Waals surface area contributed by atoms with E-state index in [0.717, 1.165) is 11.5 Å². The van der Waals surface area contributed by atoms with Gasteiger partial charge in [-0.05, 0) is 23.6 Å². The molecule has 0 spiro atoms. The molecule has 1 aromatic heterocycles. The summed E-state index contributed by atoms with van der Waals surface area (Å²) in [5, 5.41) is 1.44. The molecule has 0 saturated carbocycles. The van der Waals surface area contributed by atoms with Crippen molar-refractivity contribution in [2.24, 2.45) is 0 Å².